The van der Waals surface area contributed by atoms with Gasteiger partial charge in [-0.05, 0) is 74.6 Å². The molecule has 5 nitrogen and oxygen atoms in total. The van der Waals surface area contributed by atoms with Crippen molar-refractivity contribution in [2.45, 2.75) is 69.2 Å². The minimum Gasteiger partial charge on any atom is -0.478 e. The second kappa shape index (κ2) is 12.4. The molecule has 3 saturated heterocycles. The number of carbonyl (C=O) groups is 2. The summed E-state index contributed by atoms with van der Waals surface area (Å²) in [5.74, 6) is -0.766. The Hall–Kier alpha value is -2.92. The van der Waals surface area contributed by atoms with Crippen molar-refractivity contribution in [1.82, 2.24) is 4.90 Å². The second-order valence-electron chi connectivity index (χ2n) is 10.6. The Kier molecular flexibility index (Phi) is 8.98. The highest BCUT2D eigenvalue weighted by atomic mass is 16.4. The predicted octanol–water partition coefficient (Wildman–Crippen LogP) is 6.14. The monoisotopic (exact) mass is 489 g/mol. The molecule has 0 aromatic heterocycles. The summed E-state index contributed by atoms with van der Waals surface area (Å²) in [7, 11) is 0. The summed E-state index contributed by atoms with van der Waals surface area (Å²) < 4.78 is 0. The molecule has 1 atom stereocenters. The fraction of sp³-hybridized carbons (Fsp3) is 0.484. The highest BCUT2D eigenvalue weighted by molar-refractivity contribution is 5.89. The van der Waals surface area contributed by atoms with Crippen LogP contribution in [0.5, 0.6) is 0 Å². The average Bonchev–Trinajstić information content (AvgIpc) is 2.93. The lowest BCUT2D eigenvalue weighted by Crippen LogP contribution is -2.52. The van der Waals surface area contributed by atoms with E-state index in [1.165, 1.54) is 70.9 Å². The quantitative estimate of drug-likeness (QED) is 0.457. The molecule has 4 fully saturated rings. The molecule has 192 valence electrons. The van der Waals surface area contributed by atoms with Crippen LogP contribution in [-0.2, 0) is 15.0 Å². The molecule has 0 radical (unpaired) electrons. The molecule has 0 spiro atoms. The van der Waals surface area contributed by atoms with Crippen LogP contribution in [0.1, 0.15) is 68.9 Å². The Balaban J connectivity index is 0.000000331. The van der Waals surface area contributed by atoms with E-state index in [-0.39, 0.29) is 5.41 Å². The SMILES string of the molecule is O=C(O)C=CC(=O)O.c1ccc(C(CC2CC3CCN2CC3)(c2ccccc2)C2CCCCC2)cc1. The Morgan fingerprint density at radius 1 is 0.778 bits per heavy atom. The van der Waals surface area contributed by atoms with Crippen LogP contribution in [0.2, 0.25) is 0 Å². The third-order valence-electron chi connectivity index (χ3n) is 8.58. The number of aliphatic carboxylic acids is 2. The van der Waals surface area contributed by atoms with Gasteiger partial charge in [0, 0.05) is 23.6 Å². The molecule has 2 bridgehead atoms. The Morgan fingerprint density at radius 2 is 1.28 bits per heavy atom. The Morgan fingerprint density at radius 3 is 1.69 bits per heavy atom. The van der Waals surface area contributed by atoms with E-state index in [0.29, 0.717) is 12.2 Å². The van der Waals surface area contributed by atoms with Gasteiger partial charge in [-0.1, -0.05) is 79.9 Å². The summed E-state index contributed by atoms with van der Waals surface area (Å²) in [6, 6.07) is 23.9. The van der Waals surface area contributed by atoms with E-state index >= 15 is 0 Å². The summed E-state index contributed by atoms with van der Waals surface area (Å²) in [5.41, 5.74) is 3.30. The highest BCUT2D eigenvalue weighted by Crippen LogP contribution is 2.51. The van der Waals surface area contributed by atoms with Crippen LogP contribution in [0.15, 0.2) is 72.8 Å². The van der Waals surface area contributed by atoms with E-state index in [1.54, 1.807) is 11.1 Å². The van der Waals surface area contributed by atoms with Gasteiger partial charge < -0.3 is 15.1 Å². The van der Waals surface area contributed by atoms with Gasteiger partial charge >= 0.3 is 11.9 Å². The van der Waals surface area contributed by atoms with Crippen LogP contribution in [0.4, 0.5) is 0 Å². The fourth-order valence-corrected chi connectivity index (χ4v) is 6.92. The number of carboxylic acid groups (broad SMARTS) is 2. The summed E-state index contributed by atoms with van der Waals surface area (Å²) >= 11 is 0. The Labute approximate surface area is 214 Å². The first kappa shape index (κ1) is 26.2. The molecule has 36 heavy (non-hydrogen) atoms. The average molecular weight is 490 g/mol. The summed E-state index contributed by atoms with van der Waals surface area (Å²) in [5, 5.41) is 15.6. The van der Waals surface area contributed by atoms with Crippen molar-refractivity contribution in [2.24, 2.45) is 11.8 Å². The molecule has 1 aliphatic carbocycles. The minimum atomic E-state index is -1.26. The van der Waals surface area contributed by atoms with Crippen LogP contribution in [0.25, 0.3) is 0 Å². The standard InChI is InChI=1S/C27H35N.C4H4O4/c1-4-10-23(11-5-1)27(24-12-6-2-7-13-24,25-14-8-3-9-15-25)21-26-20-22-16-18-28(26)19-17-22;5-3(6)1-2-4(7)8/h1-2,4-7,10-13,22,25-26H,3,8-9,14-21H2;1-2H,(H,5,6)(H,7,8). The number of benzene rings is 2. The van der Waals surface area contributed by atoms with Crippen molar-refractivity contribution in [3.8, 4) is 0 Å². The maximum atomic E-state index is 9.55. The first-order valence-electron chi connectivity index (χ1n) is 13.5. The lowest BCUT2D eigenvalue weighted by atomic mass is 9.58. The van der Waals surface area contributed by atoms with Crippen molar-refractivity contribution < 1.29 is 19.8 Å². The number of carboxylic acids is 2. The summed E-state index contributed by atoms with van der Waals surface area (Å²) in [4.78, 5) is 21.9. The molecule has 1 saturated carbocycles. The maximum absolute atomic E-state index is 9.55. The molecule has 3 heterocycles. The Bertz CT molecular complexity index is 950. The number of fused-ring (bicyclic) bond motifs is 3. The van der Waals surface area contributed by atoms with E-state index in [9.17, 15) is 9.59 Å². The number of piperidine rings is 3. The molecule has 3 aliphatic heterocycles. The molecule has 6 rings (SSSR count). The van der Waals surface area contributed by atoms with Gasteiger partial charge in [-0.15, -0.1) is 0 Å². The van der Waals surface area contributed by atoms with Crippen molar-refractivity contribution in [3.63, 3.8) is 0 Å². The molecule has 0 amide bonds. The third kappa shape index (κ3) is 6.25. The number of hydrogen-bond acceptors (Lipinski definition) is 3. The first-order valence-corrected chi connectivity index (χ1v) is 13.5. The van der Waals surface area contributed by atoms with Gasteiger partial charge in [-0.2, -0.15) is 0 Å². The van der Waals surface area contributed by atoms with Crippen molar-refractivity contribution in [2.75, 3.05) is 13.1 Å². The van der Waals surface area contributed by atoms with Gasteiger partial charge in [0.05, 0.1) is 0 Å². The molecule has 4 aliphatic rings. The van der Waals surface area contributed by atoms with Crippen LogP contribution in [0, 0.1) is 11.8 Å². The van der Waals surface area contributed by atoms with Gasteiger partial charge in [-0.25, -0.2) is 9.59 Å². The van der Waals surface area contributed by atoms with Crippen LogP contribution in [0.3, 0.4) is 0 Å². The van der Waals surface area contributed by atoms with Crippen molar-refractivity contribution in [1.29, 1.82) is 0 Å². The van der Waals surface area contributed by atoms with Crippen molar-refractivity contribution >= 4 is 11.9 Å². The minimum absolute atomic E-state index is 0.172. The van der Waals surface area contributed by atoms with Gasteiger partial charge in [0.2, 0.25) is 0 Å². The van der Waals surface area contributed by atoms with E-state index in [0.717, 1.165) is 17.9 Å². The van der Waals surface area contributed by atoms with E-state index in [2.05, 4.69) is 65.6 Å². The smallest absolute Gasteiger partial charge is 0.328 e. The zero-order valence-electron chi connectivity index (χ0n) is 21.1. The van der Waals surface area contributed by atoms with E-state index in [1.807, 2.05) is 0 Å². The molecule has 1 unspecified atom stereocenters. The van der Waals surface area contributed by atoms with E-state index in [4.69, 9.17) is 10.2 Å². The zero-order valence-corrected chi connectivity index (χ0v) is 21.1. The normalized spacial score (nSPS) is 24.2. The van der Waals surface area contributed by atoms with Gasteiger partial charge in [0.25, 0.3) is 0 Å². The fourth-order valence-electron chi connectivity index (χ4n) is 6.92. The molecule has 2 aromatic carbocycles. The molecule has 2 aromatic rings. The zero-order chi connectivity index (χ0) is 25.4. The van der Waals surface area contributed by atoms with E-state index < -0.39 is 11.9 Å². The third-order valence-corrected chi connectivity index (χ3v) is 8.58. The van der Waals surface area contributed by atoms with Crippen LogP contribution >= 0.6 is 0 Å². The predicted molar refractivity (Wildman–Crippen MR) is 142 cm³/mol. The van der Waals surface area contributed by atoms with Crippen LogP contribution in [-0.4, -0.2) is 46.2 Å². The molecular formula is C31H39NO4. The highest BCUT2D eigenvalue weighted by Gasteiger charge is 2.46. The second-order valence-corrected chi connectivity index (χ2v) is 10.6. The molecular weight excluding hydrogens is 450 g/mol. The lowest BCUT2D eigenvalue weighted by molar-refractivity contribution is -0.134. The topological polar surface area (TPSA) is 77.8 Å². The first-order chi connectivity index (χ1) is 17.5. The molecule has 5 heteroatoms. The summed E-state index contributed by atoms with van der Waals surface area (Å²) in [6.07, 6.45) is 13.7. The van der Waals surface area contributed by atoms with Crippen LogP contribution < -0.4 is 0 Å². The summed E-state index contributed by atoms with van der Waals surface area (Å²) in [6.45, 7) is 2.67. The van der Waals surface area contributed by atoms with Crippen molar-refractivity contribution in [3.05, 3.63) is 83.9 Å². The maximum Gasteiger partial charge on any atom is 0.328 e. The molecule has 2 N–H and O–H groups in total. The van der Waals surface area contributed by atoms with Gasteiger partial charge in [0.1, 0.15) is 0 Å². The number of nitrogens with zero attached hydrogens (tertiary/aromatic N) is 1. The number of hydrogen-bond donors (Lipinski definition) is 2. The largest absolute Gasteiger partial charge is 0.478 e. The number of rotatable bonds is 7. The van der Waals surface area contributed by atoms with Gasteiger partial charge in [-0.3, -0.25) is 0 Å². The van der Waals surface area contributed by atoms with Gasteiger partial charge in [0.15, 0.2) is 0 Å². The lowest BCUT2D eigenvalue weighted by Gasteiger charge is -2.52.